The third kappa shape index (κ3) is 1.51. The second-order valence-corrected chi connectivity index (χ2v) is 3.61. The zero-order valence-corrected chi connectivity index (χ0v) is 7.11. The number of rotatable bonds is 1. The lowest BCUT2D eigenvalue weighted by Gasteiger charge is -2.04. The van der Waals surface area contributed by atoms with E-state index in [1.165, 1.54) is 18.2 Å². The molecule has 1 aromatic rings. The minimum Gasteiger partial charge on any atom is -0.423 e. The summed E-state index contributed by atoms with van der Waals surface area (Å²) in [5.74, 6) is 0.126. The van der Waals surface area contributed by atoms with E-state index in [2.05, 4.69) is 4.74 Å². The lowest BCUT2D eigenvalue weighted by molar-refractivity contribution is -0.0822. The van der Waals surface area contributed by atoms with Gasteiger partial charge in [-0.3, -0.25) is 4.79 Å². The van der Waals surface area contributed by atoms with E-state index in [4.69, 9.17) is 0 Å². The van der Waals surface area contributed by atoms with E-state index in [9.17, 15) is 13.6 Å². The lowest BCUT2D eigenvalue weighted by Crippen LogP contribution is -2.13. The second kappa shape index (κ2) is 2.70. The molecule has 0 bridgehead atoms. The molecule has 0 aromatic heterocycles. The molecular formula is C8H4F2O2S. The Balaban J connectivity index is 2.41. The summed E-state index contributed by atoms with van der Waals surface area (Å²) < 4.78 is 29.6. The molecule has 0 saturated carbocycles. The van der Waals surface area contributed by atoms with Crippen molar-refractivity contribution in [3.63, 3.8) is 0 Å². The zero-order chi connectivity index (χ0) is 9.47. The Morgan fingerprint density at radius 1 is 1.46 bits per heavy atom. The van der Waals surface area contributed by atoms with Gasteiger partial charge >= 0.3 is 5.44 Å². The number of hydrogen-bond acceptors (Lipinski definition) is 3. The van der Waals surface area contributed by atoms with Gasteiger partial charge in [0.05, 0.1) is 4.90 Å². The minimum atomic E-state index is -3.20. The monoisotopic (exact) mass is 202 g/mol. The van der Waals surface area contributed by atoms with E-state index >= 15 is 0 Å². The molecule has 1 aliphatic heterocycles. The number of ether oxygens (including phenoxy) is 1. The molecule has 2 rings (SSSR count). The first-order valence-corrected chi connectivity index (χ1v) is 4.27. The van der Waals surface area contributed by atoms with Crippen molar-refractivity contribution in [2.45, 2.75) is 10.3 Å². The van der Waals surface area contributed by atoms with E-state index < -0.39 is 5.44 Å². The Morgan fingerprint density at radius 2 is 2.23 bits per heavy atom. The van der Waals surface area contributed by atoms with Crippen molar-refractivity contribution in [2.24, 2.45) is 0 Å². The van der Waals surface area contributed by atoms with Gasteiger partial charge in [0.25, 0.3) is 0 Å². The number of hydrogen-bond donors (Lipinski definition) is 0. The molecule has 1 heterocycles. The van der Waals surface area contributed by atoms with Gasteiger partial charge in [0.2, 0.25) is 0 Å². The van der Waals surface area contributed by atoms with Crippen LogP contribution in [0.4, 0.5) is 8.78 Å². The van der Waals surface area contributed by atoms with Gasteiger partial charge in [-0.25, -0.2) is 0 Å². The number of aldehydes is 1. The number of fused-ring (bicyclic) bond motifs is 1. The number of alkyl halides is 2. The average Bonchev–Trinajstić information content (AvgIpc) is 2.36. The van der Waals surface area contributed by atoms with Crippen LogP contribution in [-0.4, -0.2) is 11.7 Å². The maximum atomic E-state index is 12.6. The SMILES string of the molecule is O=Cc1ccc2c(c1)SC(F)(F)O2. The maximum absolute atomic E-state index is 12.6. The van der Waals surface area contributed by atoms with Crippen LogP contribution in [0.1, 0.15) is 10.4 Å². The lowest BCUT2D eigenvalue weighted by atomic mass is 10.2. The van der Waals surface area contributed by atoms with Gasteiger partial charge in [-0.1, -0.05) is 0 Å². The minimum absolute atomic E-state index is 0.126. The molecule has 0 radical (unpaired) electrons. The Kier molecular flexibility index (Phi) is 1.76. The van der Waals surface area contributed by atoms with E-state index in [1.54, 1.807) is 0 Å². The van der Waals surface area contributed by atoms with Gasteiger partial charge in [-0.15, -0.1) is 0 Å². The first kappa shape index (κ1) is 8.50. The highest BCUT2D eigenvalue weighted by atomic mass is 32.2. The molecule has 1 aromatic carbocycles. The smallest absolute Gasteiger partial charge is 0.423 e. The van der Waals surface area contributed by atoms with Crippen molar-refractivity contribution in [1.29, 1.82) is 0 Å². The van der Waals surface area contributed by atoms with Crippen molar-refractivity contribution in [2.75, 3.05) is 0 Å². The fourth-order valence-electron chi connectivity index (χ4n) is 1.04. The molecule has 0 amide bonds. The molecule has 5 heteroatoms. The van der Waals surface area contributed by atoms with Crippen LogP contribution in [0.5, 0.6) is 5.75 Å². The summed E-state index contributed by atoms with van der Waals surface area (Å²) in [5, 5.41) is 0. The van der Waals surface area contributed by atoms with Crippen LogP contribution in [0.3, 0.4) is 0 Å². The van der Waals surface area contributed by atoms with Crippen LogP contribution in [0.15, 0.2) is 23.1 Å². The van der Waals surface area contributed by atoms with Crippen LogP contribution in [0.25, 0.3) is 0 Å². The molecule has 1 aliphatic rings. The Labute approximate surface area is 76.9 Å². The normalized spacial score (nSPS) is 17.7. The number of halogens is 2. The van der Waals surface area contributed by atoms with Gasteiger partial charge in [0.15, 0.2) is 0 Å². The summed E-state index contributed by atoms with van der Waals surface area (Å²) in [7, 11) is 0. The van der Waals surface area contributed by atoms with Crippen molar-refractivity contribution in [3.8, 4) is 5.75 Å². The summed E-state index contributed by atoms with van der Waals surface area (Å²) in [4.78, 5) is 10.6. The highest BCUT2D eigenvalue weighted by Crippen LogP contribution is 2.49. The summed E-state index contributed by atoms with van der Waals surface area (Å²) in [6.45, 7) is 0. The van der Waals surface area contributed by atoms with Gasteiger partial charge in [-0.2, -0.15) is 8.78 Å². The van der Waals surface area contributed by atoms with Crippen LogP contribution in [0, 0.1) is 0 Å². The molecule has 0 spiro atoms. The van der Waals surface area contributed by atoms with Gasteiger partial charge in [0, 0.05) is 5.56 Å². The molecular weight excluding hydrogens is 198 g/mol. The van der Waals surface area contributed by atoms with Crippen molar-refractivity contribution in [3.05, 3.63) is 23.8 Å². The molecule has 0 atom stereocenters. The van der Waals surface area contributed by atoms with E-state index in [0.29, 0.717) is 28.5 Å². The Bertz CT molecular complexity index is 365. The third-order valence-electron chi connectivity index (χ3n) is 1.56. The number of thioether (sulfide) groups is 1. The zero-order valence-electron chi connectivity index (χ0n) is 6.29. The van der Waals surface area contributed by atoms with E-state index in [1.807, 2.05) is 0 Å². The highest BCUT2D eigenvalue weighted by Gasteiger charge is 2.41. The first-order chi connectivity index (χ1) is 6.11. The van der Waals surface area contributed by atoms with E-state index in [-0.39, 0.29) is 5.75 Å². The molecule has 2 nitrogen and oxygen atoms in total. The van der Waals surface area contributed by atoms with E-state index in [0.717, 1.165) is 0 Å². The van der Waals surface area contributed by atoms with Crippen LogP contribution < -0.4 is 4.74 Å². The van der Waals surface area contributed by atoms with Crippen LogP contribution in [0.2, 0.25) is 0 Å². The Morgan fingerprint density at radius 3 is 2.92 bits per heavy atom. The number of carbonyl (C=O) groups is 1. The predicted molar refractivity (Wildman–Crippen MR) is 43.3 cm³/mol. The highest BCUT2D eigenvalue weighted by molar-refractivity contribution is 8.00. The maximum Gasteiger partial charge on any atom is 0.457 e. The first-order valence-electron chi connectivity index (χ1n) is 3.46. The molecule has 0 fully saturated rings. The van der Waals surface area contributed by atoms with Crippen LogP contribution >= 0.6 is 11.8 Å². The fourth-order valence-corrected chi connectivity index (χ4v) is 1.83. The molecule has 0 aliphatic carbocycles. The summed E-state index contributed by atoms with van der Waals surface area (Å²) in [6.07, 6.45) is 0.608. The topological polar surface area (TPSA) is 26.3 Å². The molecule has 68 valence electrons. The van der Waals surface area contributed by atoms with Gasteiger partial charge in [0.1, 0.15) is 12.0 Å². The molecule has 0 N–H and O–H groups in total. The predicted octanol–water partition coefficient (Wildman–Crippen LogP) is 2.53. The summed E-state index contributed by atoms with van der Waals surface area (Å²) >= 11 is 0.308. The molecule has 13 heavy (non-hydrogen) atoms. The second-order valence-electron chi connectivity index (χ2n) is 2.49. The quantitative estimate of drug-likeness (QED) is 0.654. The average molecular weight is 202 g/mol. The third-order valence-corrected chi connectivity index (χ3v) is 2.42. The fraction of sp³-hybridized carbons (Fsp3) is 0.125. The summed E-state index contributed by atoms with van der Waals surface area (Å²) in [6, 6.07) is 4.19. The van der Waals surface area contributed by atoms with Gasteiger partial charge in [-0.05, 0) is 30.0 Å². The molecule has 0 unspecified atom stereocenters. The largest absolute Gasteiger partial charge is 0.457 e. The number of benzene rings is 1. The molecule has 0 saturated heterocycles. The number of carbonyl (C=O) groups excluding carboxylic acids is 1. The van der Waals surface area contributed by atoms with Crippen molar-refractivity contribution >= 4 is 18.0 Å². The standard InChI is InChI=1S/C8H4F2O2S/c9-8(10)12-6-2-1-5(4-11)3-7(6)13-8/h1-4H. The van der Waals surface area contributed by atoms with Crippen molar-refractivity contribution < 1.29 is 18.3 Å². The van der Waals surface area contributed by atoms with Crippen molar-refractivity contribution in [1.82, 2.24) is 0 Å². The van der Waals surface area contributed by atoms with Crippen LogP contribution in [-0.2, 0) is 0 Å². The Hall–Kier alpha value is -1.10. The summed E-state index contributed by atoms with van der Waals surface area (Å²) in [5.41, 5.74) is -2.84. The van der Waals surface area contributed by atoms with Gasteiger partial charge < -0.3 is 4.74 Å².